The molecule has 0 atom stereocenters. The van der Waals surface area contributed by atoms with Crippen LogP contribution in [0.2, 0.25) is 0 Å². The summed E-state index contributed by atoms with van der Waals surface area (Å²) in [6.45, 7) is 91.1. The lowest BCUT2D eigenvalue weighted by molar-refractivity contribution is 0.513. The number of hydrogen-bond donors (Lipinski definition) is 0. The molecule has 0 saturated heterocycles. The molecule has 0 spiro atoms. The molecule has 12 nitrogen and oxygen atoms in total. The van der Waals surface area contributed by atoms with Gasteiger partial charge in [-0.2, -0.15) is 0 Å². The topological polar surface area (TPSA) is 155 Å². The molecule has 0 aliphatic carbocycles. The molecular weight excluding hydrogens is 1200 g/mol. The first-order valence-electron chi connectivity index (χ1n) is 35.6. The van der Waals surface area contributed by atoms with Gasteiger partial charge >= 0.3 is 0 Å². The summed E-state index contributed by atoms with van der Waals surface area (Å²) in [5, 5.41) is 0. The van der Waals surface area contributed by atoms with E-state index in [-0.39, 0.29) is 75.8 Å². The highest BCUT2D eigenvalue weighted by Crippen LogP contribution is 2.32. The molecule has 7 aromatic heterocycles. The van der Waals surface area contributed by atoms with Gasteiger partial charge < -0.3 is 0 Å². The Morgan fingerprint density at radius 2 is 0.500 bits per heavy atom. The van der Waals surface area contributed by atoms with Crippen LogP contribution in [0, 0.1) is 0 Å². The molecule has 0 radical (unpaired) electrons. The Bertz CT molecular complexity index is 2830. The Balaban J connectivity index is 0.000000572. The first-order chi connectivity index (χ1) is 43.5. The molecule has 7 heterocycles. The molecule has 0 saturated carbocycles. The van der Waals surface area contributed by atoms with Crippen LogP contribution in [0.25, 0.3) is 0 Å². The minimum Gasteiger partial charge on any atom is -0.264 e. The highest BCUT2D eigenvalue weighted by molar-refractivity contribution is 5.29. The first-order valence-corrected chi connectivity index (χ1v) is 35.6. The summed E-state index contributed by atoms with van der Waals surface area (Å²) in [7, 11) is 0. The van der Waals surface area contributed by atoms with Gasteiger partial charge in [-0.25, -0.2) is 29.9 Å². The van der Waals surface area contributed by atoms with Crippen LogP contribution < -0.4 is 0 Å². The molecule has 12 heteroatoms. The molecule has 0 aliphatic rings. The van der Waals surface area contributed by atoms with E-state index in [0.29, 0.717) is 0 Å². The molecule has 7 aromatic rings. The molecular formula is C86H142N12. The van der Waals surface area contributed by atoms with E-state index < -0.39 is 0 Å². The molecule has 0 fully saturated rings. The van der Waals surface area contributed by atoms with Gasteiger partial charge in [-0.15, -0.1) is 0 Å². The predicted octanol–water partition coefficient (Wildman–Crippen LogP) is 22.7. The van der Waals surface area contributed by atoms with Gasteiger partial charge in [0.25, 0.3) is 0 Å². The average molecular weight is 1340 g/mol. The van der Waals surface area contributed by atoms with Crippen LogP contribution in [0.15, 0.2) is 98.6 Å². The summed E-state index contributed by atoms with van der Waals surface area (Å²) >= 11 is 0. The molecule has 98 heavy (non-hydrogen) atoms. The Hall–Kier alpha value is -6.30. The van der Waals surface area contributed by atoms with Crippen LogP contribution in [0.1, 0.15) is 370 Å². The predicted molar refractivity (Wildman–Crippen MR) is 420 cm³/mol. The van der Waals surface area contributed by atoms with Crippen molar-refractivity contribution in [2.24, 2.45) is 0 Å². The minimum atomic E-state index is 0.0290. The molecule has 0 aromatic carbocycles. The first kappa shape index (κ1) is 89.7. The second-order valence-corrected chi connectivity index (χ2v) is 40.8. The smallest absolute Gasteiger partial charge is 0.133 e. The van der Waals surface area contributed by atoms with Gasteiger partial charge in [-0.3, -0.25) is 29.9 Å². The Labute approximate surface area is 601 Å². The van der Waals surface area contributed by atoms with E-state index in [2.05, 4.69) is 375 Å². The lowest BCUT2D eigenvalue weighted by atomic mass is 9.82. The fourth-order valence-corrected chi connectivity index (χ4v) is 8.15. The second kappa shape index (κ2) is 33.5. The maximum atomic E-state index is 4.65. The monoisotopic (exact) mass is 1340 g/mol. The van der Waals surface area contributed by atoms with Crippen molar-refractivity contribution in [1.29, 1.82) is 0 Å². The number of rotatable bonds is 0. The summed E-state index contributed by atoms with van der Waals surface area (Å²) < 4.78 is 0. The highest BCUT2D eigenvalue weighted by atomic mass is 14.9. The van der Waals surface area contributed by atoms with Crippen molar-refractivity contribution in [3.63, 3.8) is 0 Å². The zero-order valence-corrected chi connectivity index (χ0v) is 70.6. The molecule has 0 amide bonds. The third-order valence-electron chi connectivity index (χ3n) is 15.7. The van der Waals surface area contributed by atoms with Crippen molar-refractivity contribution in [3.8, 4) is 0 Å². The van der Waals surface area contributed by atoms with Crippen molar-refractivity contribution >= 4 is 0 Å². The standard InChI is InChI=1S/2C13H21N.5C12H20N2/c1-12(2,3)10-7-11(9-14-8-10)13(4,5)6;1-12(2,3)10-7-8-11(14-9-10)13(4,5)6;1-11(2,3)9-7-14-10(8-13-9)12(4,5)6;1-11(2,3)9-7-13-8-10(14-9)12(4,5)6;1-11(2,3)9-7-10(12(4,5)6)14-8-13-9;1-11(2,3)9-7-13-10(14-8-9)12(4,5)6;1-11(2,3)9-7-8-13-10(14-9)12(4,5)6/h2*7-9H,1-6H3;5*7-8H,1-6H3. The lowest BCUT2D eigenvalue weighted by Crippen LogP contribution is -2.21. The summed E-state index contributed by atoms with van der Waals surface area (Å²) in [5.74, 6) is 1.83. The van der Waals surface area contributed by atoms with Crippen molar-refractivity contribution in [2.75, 3.05) is 0 Å². The van der Waals surface area contributed by atoms with Crippen molar-refractivity contribution in [1.82, 2.24) is 59.8 Å². The molecule has 0 bridgehead atoms. The minimum absolute atomic E-state index is 0.0290. The van der Waals surface area contributed by atoms with Gasteiger partial charge in [0.1, 0.15) is 18.0 Å². The van der Waals surface area contributed by atoms with E-state index in [1.54, 1.807) is 6.33 Å². The third kappa shape index (κ3) is 32.4. The third-order valence-corrected chi connectivity index (χ3v) is 15.7. The van der Waals surface area contributed by atoms with E-state index >= 15 is 0 Å². The van der Waals surface area contributed by atoms with Crippen LogP contribution in [-0.2, 0) is 75.8 Å². The fourth-order valence-electron chi connectivity index (χ4n) is 8.15. The van der Waals surface area contributed by atoms with Gasteiger partial charge in [0, 0.05) is 139 Å². The van der Waals surface area contributed by atoms with Crippen molar-refractivity contribution in [3.05, 3.63) is 178 Å². The fraction of sp³-hybridized carbons (Fsp3) is 0.651. The SMILES string of the molecule is CC(C)(C)c1cc(C(C)(C)C)ncn1.CC(C)(C)c1ccc(C(C)(C)C)nc1.CC(C)(C)c1ccnc(C(C)(C)C)n1.CC(C)(C)c1cnc(C(C)(C)C)cn1.CC(C)(C)c1cnc(C(C)(C)C)nc1.CC(C)(C)c1cncc(C(C)(C)C)c1.CC(C)(C)c1cncc(C(C)(C)C)n1. The van der Waals surface area contributed by atoms with E-state index in [4.69, 9.17) is 0 Å². The lowest BCUT2D eigenvalue weighted by Gasteiger charge is -2.23. The largest absolute Gasteiger partial charge is 0.264 e. The molecule has 546 valence electrons. The normalized spacial score (nSPS) is 13.0. The van der Waals surface area contributed by atoms with Crippen molar-refractivity contribution < 1.29 is 0 Å². The quantitative estimate of drug-likeness (QED) is 0.142. The zero-order valence-electron chi connectivity index (χ0n) is 70.6. The highest BCUT2D eigenvalue weighted by Gasteiger charge is 2.27. The number of pyridine rings is 2. The van der Waals surface area contributed by atoms with Gasteiger partial charge in [0.15, 0.2) is 0 Å². The molecule has 0 N–H and O–H groups in total. The van der Waals surface area contributed by atoms with Crippen LogP contribution >= 0.6 is 0 Å². The summed E-state index contributed by atoms with van der Waals surface area (Å²) in [5.41, 5.74) is 15.4. The molecule has 0 aliphatic heterocycles. The maximum absolute atomic E-state index is 4.65. The Morgan fingerprint density at radius 1 is 0.184 bits per heavy atom. The van der Waals surface area contributed by atoms with E-state index in [1.165, 1.54) is 22.3 Å². The van der Waals surface area contributed by atoms with E-state index in [9.17, 15) is 0 Å². The second-order valence-electron chi connectivity index (χ2n) is 40.8. The number of aromatic nitrogens is 12. The molecule has 0 unspecified atom stereocenters. The van der Waals surface area contributed by atoms with E-state index in [1.807, 2.05) is 68.0 Å². The van der Waals surface area contributed by atoms with Gasteiger partial charge in [-0.05, 0) is 62.1 Å². The van der Waals surface area contributed by atoms with Crippen LogP contribution in [0.5, 0.6) is 0 Å². The number of nitrogens with zero attached hydrogens (tertiary/aromatic N) is 12. The van der Waals surface area contributed by atoms with E-state index in [0.717, 1.165) is 57.2 Å². The Kier molecular flexibility index (Phi) is 30.6. The Morgan fingerprint density at radius 3 is 0.786 bits per heavy atom. The van der Waals surface area contributed by atoms with Crippen LogP contribution in [-0.4, -0.2) is 59.8 Å². The number of hydrogen-bond acceptors (Lipinski definition) is 12. The summed E-state index contributed by atoms with van der Waals surface area (Å²) in [4.78, 5) is 53.0. The average Bonchev–Trinajstić information content (AvgIpc) is 0.874. The summed E-state index contributed by atoms with van der Waals surface area (Å²) in [6, 6.07) is 10.7. The van der Waals surface area contributed by atoms with Crippen molar-refractivity contribution in [2.45, 2.75) is 367 Å². The van der Waals surface area contributed by atoms with Crippen LogP contribution in [0.3, 0.4) is 0 Å². The maximum Gasteiger partial charge on any atom is 0.133 e. The van der Waals surface area contributed by atoms with Crippen LogP contribution in [0.4, 0.5) is 0 Å². The van der Waals surface area contributed by atoms with Gasteiger partial charge in [0.05, 0.1) is 22.8 Å². The molecule has 7 rings (SSSR count). The summed E-state index contributed by atoms with van der Waals surface area (Å²) in [6.07, 6.45) is 20.8. The van der Waals surface area contributed by atoms with Gasteiger partial charge in [-0.1, -0.05) is 303 Å². The van der Waals surface area contributed by atoms with Gasteiger partial charge in [0.2, 0.25) is 0 Å². The zero-order chi connectivity index (χ0) is 76.9.